The molecule has 0 fully saturated rings. The molecule has 0 amide bonds. The van der Waals surface area contributed by atoms with E-state index >= 15 is 0 Å². The monoisotopic (exact) mass is 286 g/mol. The van der Waals surface area contributed by atoms with E-state index in [0.29, 0.717) is 0 Å². The van der Waals surface area contributed by atoms with Crippen molar-refractivity contribution < 1.29 is 0 Å². The molecule has 0 heterocycles. The largest absolute Gasteiger partial charge is 0.0988 e. The van der Waals surface area contributed by atoms with Gasteiger partial charge < -0.3 is 0 Å². The highest BCUT2D eigenvalue weighted by molar-refractivity contribution is 9.43. The molecule has 62 valence electrons. The van der Waals surface area contributed by atoms with Gasteiger partial charge in [-0.25, -0.2) is 0 Å². The van der Waals surface area contributed by atoms with Gasteiger partial charge in [-0.15, -0.1) is 0 Å². The molecule has 0 aromatic carbocycles. The molecule has 0 unspecified atom stereocenters. The summed E-state index contributed by atoms with van der Waals surface area (Å²) in [5, 5.41) is 0. The first-order valence-corrected chi connectivity index (χ1v) is 12.2. The van der Waals surface area contributed by atoms with Crippen LogP contribution in [0.3, 0.4) is 0 Å². The van der Waals surface area contributed by atoms with Gasteiger partial charge in [0.05, 0.1) is 0 Å². The van der Waals surface area contributed by atoms with Crippen LogP contribution < -0.4 is 0 Å². The van der Waals surface area contributed by atoms with Crippen molar-refractivity contribution in [1.82, 2.24) is 0 Å². The number of hydrogen-bond donors (Lipinski definition) is 1. The maximum atomic E-state index is 5.15. The minimum atomic E-state index is -1.21. The van der Waals surface area contributed by atoms with Crippen LogP contribution in [0.25, 0.3) is 0 Å². The quantitative estimate of drug-likeness (QED) is 0.463. The van der Waals surface area contributed by atoms with Crippen molar-refractivity contribution in [2.45, 2.75) is 6.92 Å². The van der Waals surface area contributed by atoms with Gasteiger partial charge in [0.1, 0.15) is 0 Å². The van der Waals surface area contributed by atoms with Gasteiger partial charge in [-0.2, -0.15) is 0 Å². The Hall–Kier alpha value is 2.54. The molecule has 0 nitrogen and oxygen atoms in total. The van der Waals surface area contributed by atoms with Crippen LogP contribution in [0.15, 0.2) is 0 Å². The van der Waals surface area contributed by atoms with Crippen molar-refractivity contribution in [2.75, 3.05) is 5.75 Å². The van der Waals surface area contributed by atoms with Crippen molar-refractivity contribution in [3.8, 4) is 0 Å². The van der Waals surface area contributed by atoms with Crippen LogP contribution in [-0.4, -0.2) is 5.75 Å². The van der Waals surface area contributed by atoms with Crippen LogP contribution in [0.5, 0.6) is 0 Å². The first-order valence-electron chi connectivity index (χ1n) is 2.18. The smallest absolute Gasteiger partial charge is 0.00918 e. The second-order valence-electron chi connectivity index (χ2n) is 1.13. The SMILES string of the molecule is CCS(=S)(=S)SSSSS. The molecule has 0 spiro atoms. The molecule has 0 saturated heterocycles. The van der Waals surface area contributed by atoms with Crippen molar-refractivity contribution in [3.63, 3.8) is 0 Å². The van der Waals surface area contributed by atoms with Crippen LogP contribution in [0, 0.1) is 0 Å². The van der Waals surface area contributed by atoms with E-state index in [1.54, 1.807) is 29.5 Å². The summed E-state index contributed by atoms with van der Waals surface area (Å²) in [6, 6.07) is 0. The second kappa shape index (κ2) is 6.99. The van der Waals surface area contributed by atoms with Crippen LogP contribution in [0.2, 0.25) is 0 Å². The van der Waals surface area contributed by atoms with Gasteiger partial charge in [0.25, 0.3) is 0 Å². The fourth-order valence-corrected chi connectivity index (χ4v) is 14.2. The highest BCUT2D eigenvalue weighted by atomic mass is 33.9. The maximum absolute atomic E-state index is 5.15. The van der Waals surface area contributed by atoms with Crippen LogP contribution in [0.4, 0.5) is 0 Å². The van der Waals surface area contributed by atoms with E-state index in [1.165, 1.54) is 9.83 Å². The van der Waals surface area contributed by atoms with Gasteiger partial charge in [-0.3, -0.25) is 0 Å². The fraction of sp³-hybridized carbons (Fsp3) is 1.00. The van der Waals surface area contributed by atoms with Gasteiger partial charge in [0.2, 0.25) is 0 Å². The molecular formula is C2H6S8. The van der Waals surface area contributed by atoms with Crippen LogP contribution in [0.1, 0.15) is 6.92 Å². The molecule has 0 saturated carbocycles. The van der Waals surface area contributed by atoms with Crippen LogP contribution >= 0.6 is 51.0 Å². The average Bonchev–Trinajstić information content (AvgIpc) is 1.89. The Bertz CT molecular complexity index is 154. The zero-order valence-electron chi connectivity index (χ0n) is 5.01. The predicted octanol–water partition coefficient (Wildman–Crippen LogP) is 3.52. The number of hydrogen-bond acceptors (Lipinski definition) is 7. The Labute approximate surface area is 91.0 Å². The number of thiol groups is 1. The summed E-state index contributed by atoms with van der Waals surface area (Å²) in [5.74, 6) is 0.924. The summed E-state index contributed by atoms with van der Waals surface area (Å²) in [7, 11) is 6.28. The van der Waals surface area contributed by atoms with Gasteiger partial charge in [0.15, 0.2) is 0 Å². The zero-order chi connectivity index (χ0) is 8.04. The Kier molecular flexibility index (Phi) is 8.77. The Morgan fingerprint density at radius 3 is 2.40 bits per heavy atom. The third kappa shape index (κ3) is 7.20. The van der Waals surface area contributed by atoms with Gasteiger partial charge in [0, 0.05) is 5.75 Å². The summed E-state index contributed by atoms with van der Waals surface area (Å²) in [4.78, 5) is 0. The lowest BCUT2D eigenvalue weighted by atomic mass is 11.0. The van der Waals surface area contributed by atoms with Crippen molar-refractivity contribution in [3.05, 3.63) is 0 Å². The van der Waals surface area contributed by atoms with E-state index < -0.39 is 6.18 Å². The van der Waals surface area contributed by atoms with Crippen molar-refractivity contribution in [2.24, 2.45) is 0 Å². The van der Waals surface area contributed by atoms with E-state index in [1.807, 2.05) is 6.92 Å². The third-order valence-electron chi connectivity index (χ3n) is 0.543. The summed E-state index contributed by atoms with van der Waals surface area (Å²) in [6.07, 6.45) is -1.21. The predicted molar refractivity (Wildman–Crippen MR) is 72.0 cm³/mol. The average molecular weight is 287 g/mol. The normalized spacial score (nSPS) is 11.8. The first-order chi connectivity index (χ1) is 4.62. The standard InChI is InChI=1S/C2H6S8/c1-2-10(4,5)9-8-7-6-3/h3H,2H2,1H3. The molecule has 0 N–H and O–H groups in total. The molecule has 10 heavy (non-hydrogen) atoms. The molecule has 0 atom stereocenters. The summed E-state index contributed by atoms with van der Waals surface area (Å²) in [6.45, 7) is 2.04. The molecule has 0 aromatic heterocycles. The highest BCUT2D eigenvalue weighted by Crippen LogP contribution is 2.47. The lowest BCUT2D eigenvalue weighted by molar-refractivity contribution is 1.54. The molecule has 0 aromatic rings. The molecule has 0 rings (SSSR count). The van der Waals surface area contributed by atoms with Crippen LogP contribution in [-0.2, 0) is 28.6 Å². The van der Waals surface area contributed by atoms with Gasteiger partial charge in [-0.05, 0) is 67.9 Å². The molecule has 0 radical (unpaired) electrons. The topological polar surface area (TPSA) is 0 Å². The third-order valence-corrected chi connectivity index (χ3v) is 15.9. The second-order valence-corrected chi connectivity index (χ2v) is 17.1. The Balaban J connectivity index is 3.49. The fourth-order valence-electron chi connectivity index (χ4n) is 0.114. The minimum absolute atomic E-state index is 0.924. The first kappa shape index (κ1) is 12.5. The van der Waals surface area contributed by atoms with E-state index in [4.69, 9.17) is 22.4 Å². The Morgan fingerprint density at radius 2 is 2.00 bits per heavy atom. The van der Waals surface area contributed by atoms with E-state index in [0.717, 1.165) is 5.75 Å². The van der Waals surface area contributed by atoms with E-state index in [-0.39, 0.29) is 0 Å². The van der Waals surface area contributed by atoms with E-state index in [2.05, 4.69) is 11.7 Å². The highest BCUT2D eigenvalue weighted by Gasteiger charge is 1.99. The maximum Gasteiger partial charge on any atom is 0.00918 e. The lowest BCUT2D eigenvalue weighted by Crippen LogP contribution is -1.88. The molecule has 0 aliphatic carbocycles. The van der Waals surface area contributed by atoms with Gasteiger partial charge >= 0.3 is 0 Å². The molecule has 0 aliphatic rings. The van der Waals surface area contributed by atoms with Crippen molar-refractivity contribution >= 4 is 79.5 Å². The van der Waals surface area contributed by atoms with Crippen molar-refractivity contribution in [1.29, 1.82) is 0 Å². The summed E-state index contributed by atoms with van der Waals surface area (Å²) >= 11 is 14.3. The molecule has 0 aliphatic heterocycles. The lowest BCUT2D eigenvalue weighted by Gasteiger charge is -2.01. The minimum Gasteiger partial charge on any atom is -0.0988 e. The summed E-state index contributed by atoms with van der Waals surface area (Å²) in [5.41, 5.74) is 0. The zero-order valence-corrected chi connectivity index (χ0v) is 11.6. The molecular weight excluding hydrogens is 281 g/mol. The Morgan fingerprint density at radius 1 is 1.40 bits per heavy atom. The molecule has 0 bridgehead atoms. The molecule has 8 heteroatoms. The van der Waals surface area contributed by atoms with Gasteiger partial charge in [-0.1, -0.05) is 18.6 Å². The summed E-state index contributed by atoms with van der Waals surface area (Å²) < 4.78 is 0. The number of rotatable bonds is 5. The van der Waals surface area contributed by atoms with E-state index in [9.17, 15) is 0 Å².